The molecule has 0 fully saturated rings. The highest BCUT2D eigenvalue weighted by atomic mass is 35.5. The number of nitrogens with zero attached hydrogens (tertiary/aromatic N) is 1. The Morgan fingerprint density at radius 3 is 2.56 bits per heavy atom. The molecule has 0 radical (unpaired) electrons. The minimum absolute atomic E-state index is 0.0255. The predicted molar refractivity (Wildman–Crippen MR) is 65.1 cm³/mol. The number of hydrogen-bond donors (Lipinski definition) is 0. The van der Waals surface area contributed by atoms with Crippen LogP contribution in [0, 0.1) is 0 Å². The Balaban J connectivity index is 2.98. The molecule has 1 heterocycles. The molecule has 0 bridgehead atoms. The maximum Gasteiger partial charge on any atom is 0.377 e. The number of aromatic nitrogens is 1. The van der Waals surface area contributed by atoms with Crippen molar-refractivity contribution in [2.24, 2.45) is 0 Å². The molecule has 0 saturated carbocycles. The van der Waals surface area contributed by atoms with Crippen molar-refractivity contribution in [1.29, 1.82) is 0 Å². The molecule has 0 saturated heterocycles. The molecule has 16 heavy (non-hydrogen) atoms. The lowest BCUT2D eigenvalue weighted by Gasteiger charge is -2.14. The normalized spacial score (nSPS) is 14.6. The number of rotatable bonds is 4. The molecule has 1 rings (SSSR count). The molecule has 4 nitrogen and oxygen atoms in total. The molecule has 1 aromatic rings. The van der Waals surface area contributed by atoms with Gasteiger partial charge in [0.05, 0.1) is 11.6 Å². The molecule has 0 spiro atoms. The quantitative estimate of drug-likeness (QED) is 0.615. The molecule has 1 atom stereocenters. The smallest absolute Gasteiger partial charge is 0.377 e. The first-order chi connectivity index (χ1) is 7.35. The maximum atomic E-state index is 11.7. The zero-order valence-electron chi connectivity index (χ0n) is 8.54. The number of pyridine rings is 1. The van der Waals surface area contributed by atoms with Gasteiger partial charge in [0.2, 0.25) is 5.88 Å². The second kappa shape index (κ2) is 5.56. The molecule has 0 amide bonds. The van der Waals surface area contributed by atoms with Crippen LogP contribution in [0.4, 0.5) is 0 Å². The van der Waals surface area contributed by atoms with Gasteiger partial charge < -0.3 is 9.05 Å². The van der Waals surface area contributed by atoms with E-state index in [4.69, 9.17) is 43.9 Å². The third-order valence-corrected chi connectivity index (χ3v) is 3.65. The van der Waals surface area contributed by atoms with Gasteiger partial charge in [-0.15, -0.1) is 0 Å². The minimum Gasteiger partial charge on any atom is -0.404 e. The largest absolute Gasteiger partial charge is 0.404 e. The Labute approximate surface area is 108 Å². The van der Waals surface area contributed by atoms with Crippen molar-refractivity contribution in [3.63, 3.8) is 0 Å². The summed E-state index contributed by atoms with van der Waals surface area (Å²) in [5, 5.41) is 0.343. The van der Waals surface area contributed by atoms with Gasteiger partial charge in [0.25, 0.3) is 0 Å². The van der Waals surface area contributed by atoms with E-state index in [9.17, 15) is 4.57 Å². The Morgan fingerprint density at radius 1 is 1.38 bits per heavy atom. The summed E-state index contributed by atoms with van der Waals surface area (Å²) in [7, 11) is -3.22. The van der Waals surface area contributed by atoms with E-state index in [1.165, 1.54) is 12.7 Å². The maximum absolute atomic E-state index is 11.7. The lowest BCUT2D eigenvalue weighted by atomic mass is 10.5. The summed E-state index contributed by atoms with van der Waals surface area (Å²) in [6.45, 7) is 3.27. The highest BCUT2D eigenvalue weighted by Crippen LogP contribution is 2.46. The van der Waals surface area contributed by atoms with E-state index in [0.29, 0.717) is 0 Å². The van der Waals surface area contributed by atoms with Crippen LogP contribution in [0.5, 0.6) is 5.88 Å². The van der Waals surface area contributed by atoms with Crippen LogP contribution in [-0.4, -0.2) is 18.3 Å². The first kappa shape index (κ1) is 14.1. The lowest BCUT2D eigenvalue weighted by Crippen LogP contribution is -1.98. The summed E-state index contributed by atoms with van der Waals surface area (Å²) < 4.78 is 21.7. The van der Waals surface area contributed by atoms with Crippen molar-refractivity contribution in [2.45, 2.75) is 6.92 Å². The SMILES string of the molecule is CCO[P@](C)(=O)Oc1nc(Cl)c(Cl)cc1Cl. The molecule has 90 valence electrons. The van der Waals surface area contributed by atoms with Crippen LogP contribution in [0.15, 0.2) is 6.07 Å². The van der Waals surface area contributed by atoms with E-state index in [2.05, 4.69) is 4.98 Å². The third-order valence-electron chi connectivity index (χ3n) is 1.47. The Morgan fingerprint density at radius 2 is 2.00 bits per heavy atom. The fourth-order valence-electron chi connectivity index (χ4n) is 0.910. The van der Waals surface area contributed by atoms with Gasteiger partial charge in [0.1, 0.15) is 5.02 Å². The Hall–Kier alpha value is 0.01000. The molecule has 0 aliphatic heterocycles. The van der Waals surface area contributed by atoms with Gasteiger partial charge in [-0.2, -0.15) is 4.98 Å². The molecular weight excluding hydrogens is 295 g/mol. The fraction of sp³-hybridized carbons (Fsp3) is 0.375. The predicted octanol–water partition coefficient (Wildman–Crippen LogP) is 4.28. The molecule has 0 aromatic carbocycles. The van der Waals surface area contributed by atoms with Crippen molar-refractivity contribution in [3.8, 4) is 5.88 Å². The van der Waals surface area contributed by atoms with E-state index in [0.717, 1.165) is 0 Å². The van der Waals surface area contributed by atoms with Crippen molar-refractivity contribution < 1.29 is 13.6 Å². The summed E-state index contributed by atoms with van der Waals surface area (Å²) in [4.78, 5) is 3.77. The standard InChI is InChI=1S/C8H9Cl3NO3P/c1-3-14-16(2,13)15-8-6(10)4-5(9)7(11)12-8/h4H,3H2,1-2H3/t16-/m0/s1. The monoisotopic (exact) mass is 303 g/mol. The zero-order chi connectivity index (χ0) is 12.3. The number of hydrogen-bond acceptors (Lipinski definition) is 4. The van der Waals surface area contributed by atoms with Crippen LogP contribution in [0.3, 0.4) is 0 Å². The highest BCUT2D eigenvalue weighted by Gasteiger charge is 2.21. The molecular formula is C8H9Cl3NO3P. The van der Waals surface area contributed by atoms with Crippen LogP contribution in [0.25, 0.3) is 0 Å². The van der Waals surface area contributed by atoms with Gasteiger partial charge in [0, 0.05) is 6.66 Å². The van der Waals surface area contributed by atoms with Crippen LogP contribution in [0.1, 0.15) is 6.92 Å². The molecule has 0 unspecified atom stereocenters. The van der Waals surface area contributed by atoms with Crippen LogP contribution >= 0.6 is 42.4 Å². The van der Waals surface area contributed by atoms with Gasteiger partial charge in [-0.3, -0.25) is 0 Å². The van der Waals surface area contributed by atoms with E-state index in [1.807, 2.05) is 0 Å². The van der Waals surface area contributed by atoms with Crippen LogP contribution in [-0.2, 0) is 9.09 Å². The second-order valence-electron chi connectivity index (χ2n) is 2.83. The van der Waals surface area contributed by atoms with Gasteiger partial charge in [-0.05, 0) is 13.0 Å². The summed E-state index contributed by atoms with van der Waals surface area (Å²) in [5.41, 5.74) is 0. The summed E-state index contributed by atoms with van der Waals surface area (Å²) >= 11 is 17.2. The first-order valence-electron chi connectivity index (χ1n) is 4.29. The molecule has 0 N–H and O–H groups in total. The first-order valence-corrected chi connectivity index (χ1v) is 7.41. The van der Waals surface area contributed by atoms with Crippen molar-refractivity contribution >= 4 is 42.4 Å². The van der Waals surface area contributed by atoms with Crippen molar-refractivity contribution in [1.82, 2.24) is 4.98 Å². The topological polar surface area (TPSA) is 48.4 Å². The Bertz CT molecular complexity index is 441. The molecule has 0 aliphatic carbocycles. The Kier molecular flexibility index (Phi) is 4.89. The summed E-state index contributed by atoms with van der Waals surface area (Å²) in [5.74, 6) is -0.0599. The van der Waals surface area contributed by atoms with E-state index in [1.54, 1.807) is 6.92 Å². The van der Waals surface area contributed by atoms with Crippen LogP contribution in [0.2, 0.25) is 15.2 Å². The molecule has 0 aliphatic rings. The second-order valence-corrected chi connectivity index (χ2v) is 5.98. The van der Waals surface area contributed by atoms with E-state index >= 15 is 0 Å². The van der Waals surface area contributed by atoms with Gasteiger partial charge in [-0.25, -0.2) is 4.57 Å². The van der Waals surface area contributed by atoms with Crippen molar-refractivity contribution in [3.05, 3.63) is 21.3 Å². The molecule has 1 aromatic heterocycles. The van der Waals surface area contributed by atoms with E-state index in [-0.39, 0.29) is 27.7 Å². The fourth-order valence-corrected chi connectivity index (χ4v) is 2.47. The van der Waals surface area contributed by atoms with Gasteiger partial charge in [0.15, 0.2) is 5.15 Å². The molecule has 8 heteroatoms. The van der Waals surface area contributed by atoms with Crippen LogP contribution < -0.4 is 4.52 Å². The lowest BCUT2D eigenvalue weighted by molar-refractivity contribution is 0.282. The van der Waals surface area contributed by atoms with Gasteiger partial charge >= 0.3 is 7.60 Å². The summed E-state index contributed by atoms with van der Waals surface area (Å²) in [6, 6.07) is 1.36. The van der Waals surface area contributed by atoms with Crippen molar-refractivity contribution in [2.75, 3.05) is 13.3 Å². The minimum atomic E-state index is -3.22. The van der Waals surface area contributed by atoms with Gasteiger partial charge in [-0.1, -0.05) is 34.8 Å². The zero-order valence-corrected chi connectivity index (χ0v) is 11.7. The van der Waals surface area contributed by atoms with E-state index < -0.39 is 7.60 Å². The third kappa shape index (κ3) is 3.79. The number of halogens is 3. The average Bonchev–Trinajstić information content (AvgIpc) is 2.13. The highest BCUT2D eigenvalue weighted by molar-refractivity contribution is 7.53. The average molecular weight is 304 g/mol. The summed E-state index contributed by atoms with van der Waals surface area (Å²) in [6.07, 6.45) is 0.